The van der Waals surface area contributed by atoms with E-state index in [1.54, 1.807) is 0 Å². The maximum Gasteiger partial charge on any atom is 0.407 e. The van der Waals surface area contributed by atoms with Crippen molar-refractivity contribution in [2.75, 3.05) is 26.4 Å². The Morgan fingerprint density at radius 2 is 1.90 bits per heavy atom. The van der Waals surface area contributed by atoms with Crippen LogP contribution >= 0.6 is 0 Å². The van der Waals surface area contributed by atoms with Gasteiger partial charge in [0.2, 0.25) is 0 Å². The highest BCUT2D eigenvalue weighted by molar-refractivity contribution is 5.79. The molecular weight excluding hydrogens is 372 g/mol. The second-order valence-electron chi connectivity index (χ2n) is 8.70. The Hall–Kier alpha value is -2.28. The zero-order chi connectivity index (χ0) is 19.8. The van der Waals surface area contributed by atoms with Crippen molar-refractivity contribution in [3.05, 3.63) is 29.8 Å². The molecular formula is C22H28N2O5. The number of ether oxygens (including phenoxy) is 3. The number of nitrogens with one attached hydrogen (secondary N) is 1. The van der Waals surface area contributed by atoms with Gasteiger partial charge in [-0.15, -0.1) is 0 Å². The number of alkyl carbamates (subject to hydrolysis) is 1. The number of carbonyl (C=O) groups excluding carboxylic acids is 2. The highest BCUT2D eigenvalue weighted by Crippen LogP contribution is 2.39. The van der Waals surface area contributed by atoms with Gasteiger partial charge in [0.15, 0.2) is 6.61 Å². The number of nitrogens with zero attached hydrogens (tertiary/aromatic N) is 1. The summed E-state index contributed by atoms with van der Waals surface area (Å²) in [5.41, 5.74) is 0.626. The lowest BCUT2D eigenvalue weighted by molar-refractivity contribution is -0.143. The molecule has 4 heterocycles. The van der Waals surface area contributed by atoms with Gasteiger partial charge in [-0.2, -0.15) is 0 Å². The molecule has 1 aromatic carbocycles. The molecule has 6 rings (SSSR count). The monoisotopic (exact) mass is 400 g/mol. The fourth-order valence-corrected chi connectivity index (χ4v) is 5.46. The Balaban J connectivity index is 1.46. The van der Waals surface area contributed by atoms with Crippen LogP contribution in [0.3, 0.4) is 0 Å². The number of piperidine rings is 1. The largest absolute Gasteiger partial charge is 0.483 e. The van der Waals surface area contributed by atoms with Gasteiger partial charge in [-0.1, -0.05) is 18.2 Å². The highest BCUT2D eigenvalue weighted by Gasteiger charge is 2.52. The zero-order valence-electron chi connectivity index (χ0n) is 16.6. The van der Waals surface area contributed by atoms with E-state index in [0.29, 0.717) is 19.1 Å². The lowest BCUT2D eigenvalue weighted by Gasteiger charge is -2.46. The first kappa shape index (κ1) is 18.7. The van der Waals surface area contributed by atoms with Gasteiger partial charge in [0, 0.05) is 6.54 Å². The van der Waals surface area contributed by atoms with Crippen molar-refractivity contribution in [2.45, 2.75) is 62.1 Å². The minimum absolute atomic E-state index is 0.00541. The van der Waals surface area contributed by atoms with E-state index < -0.39 is 11.6 Å². The lowest BCUT2D eigenvalue weighted by atomic mass is 9.81. The van der Waals surface area contributed by atoms with Crippen molar-refractivity contribution < 1.29 is 23.8 Å². The molecule has 3 fully saturated rings. The summed E-state index contributed by atoms with van der Waals surface area (Å²) in [5.74, 6) is 1.18. The van der Waals surface area contributed by atoms with Crippen molar-refractivity contribution in [1.82, 2.24) is 10.2 Å². The number of benzene rings is 1. The van der Waals surface area contributed by atoms with Gasteiger partial charge >= 0.3 is 6.09 Å². The summed E-state index contributed by atoms with van der Waals surface area (Å²) in [6, 6.07) is 7.84. The van der Waals surface area contributed by atoms with Gasteiger partial charge in [-0.05, 0) is 56.1 Å². The molecule has 0 unspecified atom stereocenters. The number of para-hydroxylation sites is 1. The SMILES string of the molecule is O=C1N[C@]2(CCCN3C(=O)COc4ccccc4C4CCC(CC4)OC[C@H]32)CO1. The fourth-order valence-electron chi connectivity index (χ4n) is 5.46. The maximum absolute atomic E-state index is 13.2. The molecule has 1 saturated carbocycles. The van der Waals surface area contributed by atoms with Gasteiger partial charge in [-0.25, -0.2) is 4.79 Å². The van der Waals surface area contributed by atoms with E-state index in [1.165, 1.54) is 5.56 Å². The van der Waals surface area contributed by atoms with Crippen LogP contribution < -0.4 is 10.1 Å². The molecule has 1 aliphatic carbocycles. The first-order valence-electron chi connectivity index (χ1n) is 10.7. The second-order valence-corrected chi connectivity index (χ2v) is 8.70. The van der Waals surface area contributed by atoms with Gasteiger partial charge in [0.25, 0.3) is 5.91 Å². The molecule has 0 aromatic heterocycles. The zero-order valence-corrected chi connectivity index (χ0v) is 16.6. The maximum atomic E-state index is 13.2. The van der Waals surface area contributed by atoms with Crippen LogP contribution in [-0.4, -0.2) is 61.0 Å². The predicted octanol–water partition coefficient (Wildman–Crippen LogP) is 2.59. The minimum Gasteiger partial charge on any atom is -0.483 e. The Morgan fingerprint density at radius 1 is 1.07 bits per heavy atom. The average molecular weight is 400 g/mol. The molecule has 7 nitrogen and oxygen atoms in total. The van der Waals surface area contributed by atoms with E-state index in [-0.39, 0.29) is 31.3 Å². The summed E-state index contributed by atoms with van der Waals surface area (Å²) in [5, 5.41) is 3.00. The Morgan fingerprint density at radius 3 is 2.69 bits per heavy atom. The molecule has 0 radical (unpaired) electrons. The van der Waals surface area contributed by atoms with Crippen molar-refractivity contribution in [2.24, 2.45) is 0 Å². The molecule has 29 heavy (non-hydrogen) atoms. The van der Waals surface area contributed by atoms with Crippen LogP contribution in [-0.2, 0) is 14.3 Å². The van der Waals surface area contributed by atoms with Crippen LogP contribution in [0.25, 0.3) is 0 Å². The van der Waals surface area contributed by atoms with Gasteiger partial charge in [0.1, 0.15) is 17.9 Å². The standard InChI is InChI=1S/C22H28N2O5/c25-20-13-28-18-5-2-1-4-17(18)15-6-8-16(9-7-15)27-12-19-22(10-3-11-24(19)20)14-29-21(26)23-22/h1-2,4-5,15-16,19H,3,6-14H2,(H,23,26)/t15?,16?,19-,22+/m0/s1. The first-order chi connectivity index (χ1) is 14.1. The smallest absolute Gasteiger partial charge is 0.407 e. The minimum atomic E-state index is -0.569. The molecule has 7 heteroatoms. The van der Waals surface area contributed by atoms with Crippen molar-refractivity contribution >= 4 is 12.0 Å². The third-order valence-corrected chi connectivity index (χ3v) is 7.04. The molecule has 2 saturated heterocycles. The van der Waals surface area contributed by atoms with Crippen LogP contribution in [0.2, 0.25) is 0 Å². The number of hydrogen-bond donors (Lipinski definition) is 1. The molecule has 156 valence electrons. The first-order valence-corrected chi connectivity index (χ1v) is 10.7. The molecule has 1 N–H and O–H groups in total. The van der Waals surface area contributed by atoms with E-state index >= 15 is 0 Å². The van der Waals surface area contributed by atoms with Crippen LogP contribution in [0, 0.1) is 0 Å². The van der Waals surface area contributed by atoms with E-state index in [9.17, 15) is 9.59 Å². The molecule has 2 bridgehead atoms. The Labute approximate surface area is 170 Å². The lowest BCUT2D eigenvalue weighted by Crippen LogP contribution is -2.66. The summed E-state index contributed by atoms with van der Waals surface area (Å²) in [6.45, 7) is 1.33. The fraction of sp³-hybridized carbons (Fsp3) is 0.636. The second kappa shape index (κ2) is 7.52. The molecule has 1 aromatic rings. The molecule has 2 amide bonds. The Kier molecular flexibility index (Phi) is 4.86. The normalized spacial score (nSPS) is 34.8. The molecule has 1 spiro atoms. The number of carbonyl (C=O) groups is 2. The van der Waals surface area contributed by atoms with Crippen molar-refractivity contribution in [1.29, 1.82) is 0 Å². The van der Waals surface area contributed by atoms with Gasteiger partial charge in [-0.3, -0.25) is 4.79 Å². The predicted molar refractivity (Wildman–Crippen MR) is 105 cm³/mol. The van der Waals surface area contributed by atoms with Crippen molar-refractivity contribution in [3.8, 4) is 5.75 Å². The van der Waals surface area contributed by atoms with E-state index in [4.69, 9.17) is 14.2 Å². The summed E-state index contributed by atoms with van der Waals surface area (Å²) < 4.78 is 17.6. The quantitative estimate of drug-likeness (QED) is 0.724. The summed E-state index contributed by atoms with van der Waals surface area (Å²) >= 11 is 0. The third kappa shape index (κ3) is 3.45. The summed E-state index contributed by atoms with van der Waals surface area (Å²) in [6.07, 6.45) is 5.48. The van der Waals surface area contributed by atoms with Gasteiger partial charge in [0.05, 0.1) is 18.8 Å². The number of fused-ring (bicyclic) bond motifs is 5. The number of rotatable bonds is 0. The van der Waals surface area contributed by atoms with E-state index in [0.717, 1.165) is 44.3 Å². The van der Waals surface area contributed by atoms with Gasteiger partial charge < -0.3 is 24.4 Å². The number of cyclic esters (lactones) is 1. The average Bonchev–Trinajstić information content (AvgIpc) is 3.12. The third-order valence-electron chi connectivity index (χ3n) is 7.04. The number of amides is 2. The van der Waals surface area contributed by atoms with Crippen LogP contribution in [0.4, 0.5) is 4.79 Å². The molecule has 2 atom stereocenters. The summed E-state index contributed by atoms with van der Waals surface area (Å²) in [7, 11) is 0. The van der Waals surface area contributed by atoms with E-state index in [2.05, 4.69) is 11.4 Å². The summed E-state index contributed by atoms with van der Waals surface area (Å²) in [4.78, 5) is 26.8. The van der Waals surface area contributed by atoms with E-state index in [1.807, 2.05) is 23.1 Å². The van der Waals surface area contributed by atoms with Crippen LogP contribution in [0.1, 0.15) is 50.0 Å². The van der Waals surface area contributed by atoms with Crippen LogP contribution in [0.15, 0.2) is 24.3 Å². The Bertz CT molecular complexity index is 791. The topological polar surface area (TPSA) is 77.1 Å². The molecule has 5 aliphatic rings. The van der Waals surface area contributed by atoms with Crippen LogP contribution in [0.5, 0.6) is 5.75 Å². The number of hydrogen-bond acceptors (Lipinski definition) is 5. The van der Waals surface area contributed by atoms with Crippen molar-refractivity contribution in [3.63, 3.8) is 0 Å². The highest BCUT2D eigenvalue weighted by atomic mass is 16.6. The molecule has 4 aliphatic heterocycles.